The molecular formula is C12H14BrN3. The fraction of sp³-hybridized carbons (Fsp3) is 0.250. The van der Waals surface area contributed by atoms with Gasteiger partial charge in [0.1, 0.15) is 5.82 Å². The molecule has 0 fully saturated rings. The van der Waals surface area contributed by atoms with Crippen LogP contribution in [0.5, 0.6) is 0 Å². The van der Waals surface area contributed by atoms with Crippen LogP contribution in [0.4, 0.5) is 0 Å². The van der Waals surface area contributed by atoms with Gasteiger partial charge in [-0.2, -0.15) is 0 Å². The lowest BCUT2D eigenvalue weighted by molar-refractivity contribution is 0.815. The molecule has 16 heavy (non-hydrogen) atoms. The van der Waals surface area contributed by atoms with Crippen LogP contribution < -0.4 is 5.73 Å². The van der Waals surface area contributed by atoms with E-state index in [0.29, 0.717) is 0 Å². The van der Waals surface area contributed by atoms with Gasteiger partial charge in [-0.05, 0) is 47.5 Å². The van der Waals surface area contributed by atoms with Crippen molar-refractivity contribution >= 4 is 15.9 Å². The summed E-state index contributed by atoms with van der Waals surface area (Å²) in [6, 6.07) is 6.20. The zero-order valence-corrected chi connectivity index (χ0v) is 10.9. The van der Waals surface area contributed by atoms with E-state index in [0.717, 1.165) is 21.5 Å². The van der Waals surface area contributed by atoms with Gasteiger partial charge in [-0.3, -0.25) is 0 Å². The lowest BCUT2D eigenvalue weighted by Gasteiger charge is -2.11. The Labute approximate surface area is 103 Å². The number of aromatic nitrogens is 2. The number of benzene rings is 1. The molecule has 0 spiro atoms. The third kappa shape index (κ3) is 2.03. The molecule has 2 N–H and O–H groups in total. The van der Waals surface area contributed by atoms with Gasteiger partial charge in [0.25, 0.3) is 0 Å². The molecule has 0 aliphatic heterocycles. The summed E-state index contributed by atoms with van der Waals surface area (Å²) in [4.78, 5) is 4.21. The highest BCUT2D eigenvalue weighted by Gasteiger charge is 2.07. The van der Waals surface area contributed by atoms with Crippen molar-refractivity contribution in [2.24, 2.45) is 5.73 Å². The van der Waals surface area contributed by atoms with Crippen LogP contribution in [0, 0.1) is 6.92 Å². The van der Waals surface area contributed by atoms with Crippen LogP contribution in [-0.4, -0.2) is 9.55 Å². The van der Waals surface area contributed by atoms with Gasteiger partial charge < -0.3 is 10.3 Å². The summed E-state index contributed by atoms with van der Waals surface area (Å²) in [7, 11) is 0. The van der Waals surface area contributed by atoms with Crippen molar-refractivity contribution in [2.45, 2.75) is 19.9 Å². The molecular weight excluding hydrogens is 266 g/mol. The average Bonchev–Trinajstić information content (AvgIpc) is 2.64. The van der Waals surface area contributed by atoms with E-state index in [-0.39, 0.29) is 6.04 Å². The van der Waals surface area contributed by atoms with E-state index in [9.17, 15) is 0 Å². The molecule has 0 saturated heterocycles. The number of nitrogens with two attached hydrogens (primary N) is 1. The highest BCUT2D eigenvalue weighted by molar-refractivity contribution is 9.10. The highest BCUT2D eigenvalue weighted by Crippen LogP contribution is 2.25. The van der Waals surface area contributed by atoms with E-state index >= 15 is 0 Å². The van der Waals surface area contributed by atoms with Crippen LogP contribution >= 0.6 is 15.9 Å². The molecule has 0 aliphatic carbocycles. The van der Waals surface area contributed by atoms with E-state index in [2.05, 4.69) is 33.0 Å². The van der Waals surface area contributed by atoms with Gasteiger partial charge >= 0.3 is 0 Å². The Morgan fingerprint density at radius 2 is 2.19 bits per heavy atom. The van der Waals surface area contributed by atoms with Crippen molar-refractivity contribution in [3.8, 4) is 5.69 Å². The van der Waals surface area contributed by atoms with Crippen LogP contribution in [0.2, 0.25) is 0 Å². The summed E-state index contributed by atoms with van der Waals surface area (Å²) in [5.74, 6) is 0.967. The van der Waals surface area contributed by atoms with Crippen LogP contribution in [0.3, 0.4) is 0 Å². The smallest absolute Gasteiger partial charge is 0.110 e. The van der Waals surface area contributed by atoms with Gasteiger partial charge in [0.15, 0.2) is 0 Å². The summed E-state index contributed by atoms with van der Waals surface area (Å²) >= 11 is 3.57. The third-order valence-electron chi connectivity index (χ3n) is 2.58. The van der Waals surface area contributed by atoms with Crippen LogP contribution in [0.25, 0.3) is 5.69 Å². The maximum absolute atomic E-state index is 5.84. The van der Waals surface area contributed by atoms with E-state index in [1.54, 1.807) is 6.20 Å². The van der Waals surface area contributed by atoms with Gasteiger partial charge in [-0.1, -0.05) is 6.07 Å². The normalized spacial score (nSPS) is 12.8. The molecule has 0 radical (unpaired) electrons. The number of halogens is 1. The summed E-state index contributed by atoms with van der Waals surface area (Å²) in [6.07, 6.45) is 3.74. The van der Waals surface area contributed by atoms with Gasteiger partial charge in [-0.25, -0.2) is 4.98 Å². The minimum absolute atomic E-state index is 0.0502. The molecule has 0 aliphatic rings. The second kappa shape index (κ2) is 4.39. The Hall–Kier alpha value is -1.13. The van der Waals surface area contributed by atoms with Gasteiger partial charge in [0, 0.05) is 22.9 Å². The monoisotopic (exact) mass is 279 g/mol. The lowest BCUT2D eigenvalue weighted by atomic mass is 10.1. The molecule has 0 bridgehead atoms. The first-order valence-corrected chi connectivity index (χ1v) is 5.94. The lowest BCUT2D eigenvalue weighted by Crippen LogP contribution is -2.05. The Bertz CT molecular complexity index is 503. The number of rotatable bonds is 2. The number of nitrogens with zero attached hydrogens (tertiary/aromatic N) is 2. The van der Waals surface area contributed by atoms with Crippen molar-refractivity contribution in [3.05, 3.63) is 46.5 Å². The average molecular weight is 280 g/mol. The van der Waals surface area contributed by atoms with Crippen LogP contribution in [-0.2, 0) is 0 Å². The van der Waals surface area contributed by atoms with E-state index in [4.69, 9.17) is 5.73 Å². The summed E-state index contributed by atoms with van der Waals surface area (Å²) in [5.41, 5.74) is 8.04. The first kappa shape index (κ1) is 11.4. The summed E-state index contributed by atoms with van der Waals surface area (Å²) < 4.78 is 3.07. The first-order valence-electron chi connectivity index (χ1n) is 5.15. The molecule has 0 amide bonds. The molecule has 84 valence electrons. The fourth-order valence-corrected chi connectivity index (χ4v) is 2.22. The molecule has 2 rings (SSSR count). The summed E-state index contributed by atoms with van der Waals surface area (Å²) in [6.45, 7) is 3.95. The summed E-state index contributed by atoms with van der Waals surface area (Å²) in [5, 5.41) is 0. The Morgan fingerprint density at radius 3 is 2.69 bits per heavy atom. The predicted octanol–water partition coefficient (Wildman–Crippen LogP) is 2.96. The number of hydrogen-bond donors (Lipinski definition) is 1. The standard InChI is InChI=1S/C12H14BrN3/c1-8(14)10-3-4-12(11(13)7-10)16-6-5-15-9(16)2/h3-8H,14H2,1-2H3/t8-/m1/s1. The zero-order valence-electron chi connectivity index (χ0n) is 9.31. The fourth-order valence-electron chi connectivity index (χ4n) is 1.63. The van der Waals surface area contributed by atoms with E-state index < -0.39 is 0 Å². The Balaban J connectivity index is 2.48. The van der Waals surface area contributed by atoms with Crippen molar-refractivity contribution < 1.29 is 0 Å². The molecule has 1 aromatic carbocycles. The predicted molar refractivity (Wildman–Crippen MR) is 68.6 cm³/mol. The quantitative estimate of drug-likeness (QED) is 0.919. The van der Waals surface area contributed by atoms with Crippen LogP contribution in [0.1, 0.15) is 24.4 Å². The minimum atomic E-state index is 0.0502. The molecule has 4 heteroatoms. The van der Waals surface area contributed by atoms with Gasteiger partial charge in [0.05, 0.1) is 5.69 Å². The van der Waals surface area contributed by atoms with E-state index in [1.807, 2.05) is 30.7 Å². The third-order valence-corrected chi connectivity index (χ3v) is 3.22. The van der Waals surface area contributed by atoms with Crippen molar-refractivity contribution in [1.29, 1.82) is 0 Å². The zero-order chi connectivity index (χ0) is 11.7. The molecule has 2 aromatic rings. The van der Waals surface area contributed by atoms with E-state index in [1.165, 1.54) is 0 Å². The largest absolute Gasteiger partial charge is 0.324 e. The molecule has 1 aromatic heterocycles. The Kier molecular flexibility index (Phi) is 3.12. The molecule has 0 saturated carbocycles. The maximum Gasteiger partial charge on any atom is 0.110 e. The van der Waals surface area contributed by atoms with Gasteiger partial charge in [-0.15, -0.1) is 0 Å². The number of aryl methyl sites for hydroxylation is 1. The second-order valence-electron chi connectivity index (χ2n) is 3.84. The van der Waals surface area contributed by atoms with Crippen molar-refractivity contribution in [2.75, 3.05) is 0 Å². The number of hydrogen-bond acceptors (Lipinski definition) is 2. The Morgan fingerprint density at radius 1 is 1.44 bits per heavy atom. The highest BCUT2D eigenvalue weighted by atomic mass is 79.9. The van der Waals surface area contributed by atoms with Crippen LogP contribution in [0.15, 0.2) is 35.1 Å². The SMILES string of the molecule is Cc1nccn1-c1ccc([C@@H](C)N)cc1Br. The van der Waals surface area contributed by atoms with Crippen molar-refractivity contribution in [3.63, 3.8) is 0 Å². The maximum atomic E-state index is 5.84. The molecule has 0 unspecified atom stereocenters. The second-order valence-corrected chi connectivity index (χ2v) is 4.70. The molecule has 1 heterocycles. The number of imidazole rings is 1. The minimum Gasteiger partial charge on any atom is -0.324 e. The van der Waals surface area contributed by atoms with Crippen molar-refractivity contribution in [1.82, 2.24) is 9.55 Å². The molecule has 3 nitrogen and oxygen atoms in total. The molecule has 1 atom stereocenters. The topological polar surface area (TPSA) is 43.8 Å². The first-order chi connectivity index (χ1) is 7.59. The van der Waals surface area contributed by atoms with Gasteiger partial charge in [0.2, 0.25) is 0 Å².